The average molecular weight is 538 g/mol. The van der Waals surface area contributed by atoms with Crippen LogP contribution in [0.1, 0.15) is 25.8 Å². The lowest BCUT2D eigenvalue weighted by Crippen LogP contribution is -2.48. The van der Waals surface area contributed by atoms with E-state index in [-0.39, 0.29) is 38.6 Å². The molecule has 0 radical (unpaired) electrons. The Morgan fingerprint density at radius 1 is 1.23 bits per heavy atom. The fourth-order valence-electron chi connectivity index (χ4n) is 4.36. The first-order chi connectivity index (χ1) is 16.4. The summed E-state index contributed by atoms with van der Waals surface area (Å²) in [6, 6.07) is 4.97. The first-order valence-electron chi connectivity index (χ1n) is 10.8. The van der Waals surface area contributed by atoms with Gasteiger partial charge in [-0.15, -0.1) is 0 Å². The van der Waals surface area contributed by atoms with Gasteiger partial charge in [0.05, 0.1) is 33.7 Å². The smallest absolute Gasteiger partial charge is 0.326 e. The number of hydrogen-bond acceptors (Lipinski definition) is 8. The molecule has 2 fully saturated rings. The van der Waals surface area contributed by atoms with Crippen LogP contribution in [0.2, 0.25) is 0 Å². The van der Waals surface area contributed by atoms with Crippen LogP contribution in [0.15, 0.2) is 29.2 Å². The molecule has 0 aliphatic carbocycles. The van der Waals surface area contributed by atoms with Gasteiger partial charge in [-0.2, -0.15) is 0 Å². The van der Waals surface area contributed by atoms with E-state index < -0.39 is 52.2 Å². The molecular formula is C22H23N3O7S3. The number of nitrogens with one attached hydrogen (secondary N) is 1. The third kappa shape index (κ3) is 4.71. The number of hydrogen-bond donors (Lipinski definition) is 2. The van der Waals surface area contributed by atoms with Crippen molar-refractivity contribution in [3.05, 3.63) is 34.7 Å². The number of anilines is 1. The van der Waals surface area contributed by atoms with E-state index in [9.17, 15) is 32.7 Å². The average Bonchev–Trinajstić information content (AvgIpc) is 3.36. The number of nitrogens with zero attached hydrogens (tertiary/aromatic N) is 2. The van der Waals surface area contributed by atoms with Crippen LogP contribution in [-0.2, 0) is 29.0 Å². The van der Waals surface area contributed by atoms with E-state index in [1.807, 2.05) is 0 Å². The summed E-state index contributed by atoms with van der Waals surface area (Å²) in [6.45, 7) is 2.88. The van der Waals surface area contributed by atoms with Crippen LogP contribution >= 0.6 is 24.0 Å². The highest BCUT2D eigenvalue weighted by Gasteiger charge is 2.46. The Morgan fingerprint density at radius 3 is 2.51 bits per heavy atom. The predicted octanol–water partition coefficient (Wildman–Crippen LogP) is 1.02. The van der Waals surface area contributed by atoms with E-state index >= 15 is 0 Å². The molecule has 0 spiro atoms. The van der Waals surface area contributed by atoms with E-state index in [4.69, 9.17) is 12.2 Å². The van der Waals surface area contributed by atoms with Crippen LogP contribution in [-0.4, -0.2) is 76.6 Å². The number of carboxylic acids is 1. The van der Waals surface area contributed by atoms with E-state index in [0.717, 1.165) is 11.8 Å². The second kappa shape index (κ2) is 9.36. The minimum absolute atomic E-state index is 0.0288. The predicted molar refractivity (Wildman–Crippen MR) is 134 cm³/mol. The SMILES string of the molecule is CC(C)[C@H](NC(=O)CN1C(=O)/C(=C2\SC(=S)N([C@H]3CCS(=O)(=O)C3)C2=O)c2ccccc21)C(=O)O. The van der Waals surface area contributed by atoms with Gasteiger partial charge in [0.1, 0.15) is 16.9 Å². The summed E-state index contributed by atoms with van der Waals surface area (Å²) >= 11 is 6.31. The first-order valence-corrected chi connectivity index (χ1v) is 13.9. The summed E-state index contributed by atoms with van der Waals surface area (Å²) in [5, 5.41) is 11.8. The van der Waals surface area contributed by atoms with Crippen LogP contribution in [0.4, 0.5) is 5.69 Å². The molecule has 1 aromatic rings. The number of carboxylic acid groups (broad SMARTS) is 1. The normalized spacial score (nSPS) is 24.3. The van der Waals surface area contributed by atoms with E-state index in [0.29, 0.717) is 11.3 Å². The molecule has 13 heteroatoms. The summed E-state index contributed by atoms with van der Waals surface area (Å²) in [6.07, 6.45) is 0.273. The molecule has 2 N–H and O–H groups in total. The highest BCUT2D eigenvalue weighted by molar-refractivity contribution is 8.26. The van der Waals surface area contributed by atoms with Crippen molar-refractivity contribution in [2.75, 3.05) is 23.0 Å². The molecule has 0 saturated carbocycles. The second-order valence-corrected chi connectivity index (χ2v) is 12.7. The number of benzene rings is 1. The molecule has 0 aromatic heterocycles. The van der Waals surface area contributed by atoms with Crippen LogP contribution in [0, 0.1) is 5.92 Å². The van der Waals surface area contributed by atoms with Crippen molar-refractivity contribution in [3.63, 3.8) is 0 Å². The molecule has 0 unspecified atom stereocenters. The zero-order valence-electron chi connectivity index (χ0n) is 18.9. The Balaban J connectivity index is 1.65. The lowest BCUT2D eigenvalue weighted by molar-refractivity contribution is -0.142. The van der Waals surface area contributed by atoms with Crippen molar-refractivity contribution < 1.29 is 32.7 Å². The highest BCUT2D eigenvalue weighted by atomic mass is 32.2. The molecule has 1 aromatic carbocycles. The first kappa shape index (κ1) is 25.3. The van der Waals surface area contributed by atoms with Crippen molar-refractivity contribution in [1.82, 2.24) is 10.2 Å². The summed E-state index contributed by atoms with van der Waals surface area (Å²) in [4.78, 5) is 53.5. The molecule has 4 rings (SSSR count). The number of carbonyl (C=O) groups is 4. The van der Waals surface area contributed by atoms with Gasteiger partial charge in [-0.3, -0.25) is 24.2 Å². The zero-order chi connectivity index (χ0) is 25.7. The third-order valence-electron chi connectivity index (χ3n) is 6.07. The summed E-state index contributed by atoms with van der Waals surface area (Å²) in [7, 11) is -3.26. The highest BCUT2D eigenvalue weighted by Crippen LogP contribution is 2.45. The van der Waals surface area contributed by atoms with Crippen molar-refractivity contribution in [2.24, 2.45) is 5.92 Å². The molecule has 35 heavy (non-hydrogen) atoms. The van der Waals surface area contributed by atoms with Crippen molar-refractivity contribution in [1.29, 1.82) is 0 Å². The number of fused-ring (bicyclic) bond motifs is 1. The third-order valence-corrected chi connectivity index (χ3v) is 9.23. The Hall–Kier alpha value is -2.77. The van der Waals surface area contributed by atoms with Crippen LogP contribution in [0.3, 0.4) is 0 Å². The summed E-state index contributed by atoms with van der Waals surface area (Å²) < 4.78 is 24.1. The monoisotopic (exact) mass is 537 g/mol. The molecular weight excluding hydrogens is 514 g/mol. The van der Waals surface area contributed by atoms with Gasteiger partial charge in [0.15, 0.2) is 9.84 Å². The Kier molecular flexibility index (Phi) is 6.77. The number of rotatable bonds is 6. The topological polar surface area (TPSA) is 141 Å². The molecule has 0 bridgehead atoms. The van der Waals surface area contributed by atoms with Gasteiger partial charge in [0.2, 0.25) is 5.91 Å². The van der Waals surface area contributed by atoms with Crippen molar-refractivity contribution in [2.45, 2.75) is 32.4 Å². The van der Waals surface area contributed by atoms with Gasteiger partial charge >= 0.3 is 5.97 Å². The number of aliphatic carboxylic acids is 1. The molecule has 10 nitrogen and oxygen atoms in total. The second-order valence-electron chi connectivity index (χ2n) is 8.84. The van der Waals surface area contributed by atoms with Crippen molar-refractivity contribution >= 4 is 73.1 Å². The molecule has 2 saturated heterocycles. The number of thiocarbonyl (C=S) groups is 1. The molecule has 186 valence electrons. The Labute approximate surface area is 211 Å². The van der Waals surface area contributed by atoms with Crippen molar-refractivity contribution in [3.8, 4) is 0 Å². The minimum Gasteiger partial charge on any atom is -0.480 e. The Bertz CT molecular complexity index is 1290. The van der Waals surface area contributed by atoms with Gasteiger partial charge < -0.3 is 10.4 Å². The van der Waals surface area contributed by atoms with Gasteiger partial charge in [-0.05, 0) is 18.4 Å². The Morgan fingerprint density at radius 2 is 1.91 bits per heavy atom. The van der Waals surface area contributed by atoms with Gasteiger partial charge in [-0.1, -0.05) is 56.0 Å². The molecule has 2 atom stereocenters. The van der Waals surface area contributed by atoms with Gasteiger partial charge in [0.25, 0.3) is 11.8 Å². The van der Waals surface area contributed by atoms with E-state index in [1.165, 1.54) is 9.80 Å². The van der Waals surface area contributed by atoms with Crippen LogP contribution < -0.4 is 10.2 Å². The summed E-state index contributed by atoms with van der Waals surface area (Å²) in [5.74, 6) is -3.53. The fourth-order valence-corrected chi connectivity index (χ4v) is 7.53. The number of carbonyl (C=O) groups excluding carboxylic acids is 3. The lowest BCUT2D eigenvalue weighted by Gasteiger charge is -2.21. The molecule has 3 heterocycles. The minimum atomic E-state index is -3.26. The number of thioether (sulfide) groups is 1. The maximum Gasteiger partial charge on any atom is 0.326 e. The van der Waals surface area contributed by atoms with E-state index in [1.54, 1.807) is 38.1 Å². The van der Waals surface area contributed by atoms with Crippen LogP contribution in [0.25, 0.3) is 5.57 Å². The molecule has 3 aliphatic heterocycles. The maximum atomic E-state index is 13.5. The number of para-hydroxylation sites is 1. The standard InChI is InChI=1S/C22H23N3O7S3/c1-11(2)17(21(29)30)23-15(26)9-24-14-6-4-3-5-13(14)16(19(24)27)18-20(28)25(22(33)34-18)12-7-8-35(31,32)10-12/h3-6,11-12,17H,7-10H2,1-2H3,(H,23,26)(H,29,30)/b18-16-/t12-,17-/m0/s1. The quantitative estimate of drug-likeness (QED) is 0.402. The van der Waals surface area contributed by atoms with Gasteiger partial charge in [0, 0.05) is 5.56 Å². The number of sulfone groups is 1. The summed E-state index contributed by atoms with van der Waals surface area (Å²) in [5.41, 5.74) is 0.948. The molecule has 3 amide bonds. The van der Waals surface area contributed by atoms with Gasteiger partial charge in [-0.25, -0.2) is 13.2 Å². The largest absolute Gasteiger partial charge is 0.480 e. The maximum absolute atomic E-state index is 13.5. The van der Waals surface area contributed by atoms with E-state index in [2.05, 4.69) is 5.32 Å². The zero-order valence-corrected chi connectivity index (χ0v) is 21.3. The van der Waals surface area contributed by atoms with Crippen LogP contribution in [0.5, 0.6) is 0 Å². The lowest BCUT2D eigenvalue weighted by atomic mass is 10.0. The number of amides is 3. The fraction of sp³-hybridized carbons (Fsp3) is 0.409. The molecule has 3 aliphatic rings.